The molecule has 88 valence electrons. The van der Waals surface area contributed by atoms with Crippen LogP contribution in [-0.4, -0.2) is 31.1 Å². The lowest BCUT2D eigenvalue weighted by molar-refractivity contribution is 0.321. The summed E-state index contributed by atoms with van der Waals surface area (Å²) < 4.78 is 0. The lowest BCUT2D eigenvalue weighted by Gasteiger charge is -2.15. The first kappa shape index (κ1) is 11.9. The molecule has 2 nitrogen and oxygen atoms in total. The molecule has 1 aromatic carbocycles. The molecule has 1 fully saturated rings. The van der Waals surface area contributed by atoms with Crippen molar-refractivity contribution < 1.29 is 0 Å². The van der Waals surface area contributed by atoms with Crippen molar-refractivity contribution in [3.8, 4) is 0 Å². The van der Waals surface area contributed by atoms with Crippen LogP contribution in [0.2, 0.25) is 5.02 Å². The monoisotopic (exact) mass is 238 g/mol. The van der Waals surface area contributed by atoms with Gasteiger partial charge in [-0.15, -0.1) is 0 Å². The second kappa shape index (κ2) is 5.67. The molecule has 3 heteroatoms. The second-order valence-corrected chi connectivity index (χ2v) is 4.95. The van der Waals surface area contributed by atoms with Gasteiger partial charge in [-0.1, -0.05) is 23.7 Å². The van der Waals surface area contributed by atoms with Gasteiger partial charge in [0.05, 0.1) is 0 Å². The summed E-state index contributed by atoms with van der Waals surface area (Å²) in [6.07, 6.45) is 2.77. The first-order chi connectivity index (χ1) is 7.75. The maximum absolute atomic E-state index is 5.83. The van der Waals surface area contributed by atoms with Gasteiger partial charge in [-0.25, -0.2) is 0 Å². The van der Waals surface area contributed by atoms with Crippen LogP contribution in [-0.2, 0) is 6.54 Å². The molecule has 16 heavy (non-hydrogen) atoms. The Labute approximate surface area is 103 Å². The molecule has 0 unspecified atom stereocenters. The molecule has 1 aliphatic carbocycles. The van der Waals surface area contributed by atoms with E-state index in [1.807, 2.05) is 12.1 Å². The van der Waals surface area contributed by atoms with Gasteiger partial charge < -0.3 is 10.2 Å². The van der Waals surface area contributed by atoms with Crippen molar-refractivity contribution in [1.29, 1.82) is 0 Å². The fourth-order valence-electron chi connectivity index (χ4n) is 1.79. The number of nitrogens with zero attached hydrogens (tertiary/aromatic N) is 1. The quantitative estimate of drug-likeness (QED) is 0.767. The molecule has 1 N–H and O–H groups in total. The molecule has 0 aliphatic heterocycles. The maximum Gasteiger partial charge on any atom is 0.0406 e. The van der Waals surface area contributed by atoms with Crippen molar-refractivity contribution in [3.63, 3.8) is 0 Å². The van der Waals surface area contributed by atoms with Gasteiger partial charge in [-0.2, -0.15) is 0 Å². The molecule has 0 spiro atoms. The number of hydrogen-bond acceptors (Lipinski definition) is 2. The van der Waals surface area contributed by atoms with E-state index in [1.54, 1.807) is 0 Å². The fourth-order valence-corrected chi connectivity index (χ4v) is 1.91. The van der Waals surface area contributed by atoms with Crippen LogP contribution in [0.25, 0.3) is 0 Å². The number of benzene rings is 1. The molecule has 0 saturated heterocycles. The van der Waals surface area contributed by atoms with E-state index in [4.69, 9.17) is 11.6 Å². The van der Waals surface area contributed by atoms with Gasteiger partial charge in [0.2, 0.25) is 0 Å². The largest absolute Gasteiger partial charge is 0.311 e. The van der Waals surface area contributed by atoms with E-state index >= 15 is 0 Å². The highest BCUT2D eigenvalue weighted by molar-refractivity contribution is 6.30. The Kier molecular flexibility index (Phi) is 4.22. The highest BCUT2D eigenvalue weighted by Crippen LogP contribution is 2.24. The van der Waals surface area contributed by atoms with Gasteiger partial charge in [0.15, 0.2) is 0 Å². The smallest absolute Gasteiger partial charge is 0.0406 e. The molecular weight excluding hydrogens is 220 g/mol. The van der Waals surface area contributed by atoms with E-state index in [-0.39, 0.29) is 0 Å². The van der Waals surface area contributed by atoms with Gasteiger partial charge in [-0.05, 0) is 37.6 Å². The summed E-state index contributed by atoms with van der Waals surface area (Å²) in [7, 11) is 2.21. The Hall–Kier alpha value is -0.570. The standard InChI is InChI=1S/C13H19ClN2/c1-16(13-6-7-13)9-8-15-10-11-2-4-12(14)5-3-11/h2-5,13,15H,6-10H2,1H3. The molecule has 0 heterocycles. The van der Waals surface area contributed by atoms with Crippen LogP contribution < -0.4 is 5.32 Å². The zero-order chi connectivity index (χ0) is 11.4. The number of hydrogen-bond donors (Lipinski definition) is 1. The Balaban J connectivity index is 1.62. The molecule has 0 bridgehead atoms. The van der Waals surface area contributed by atoms with Crippen LogP contribution in [0.3, 0.4) is 0 Å². The van der Waals surface area contributed by atoms with Crippen LogP contribution in [0.4, 0.5) is 0 Å². The molecule has 2 rings (SSSR count). The minimum Gasteiger partial charge on any atom is -0.311 e. The second-order valence-electron chi connectivity index (χ2n) is 4.52. The minimum absolute atomic E-state index is 0.803. The summed E-state index contributed by atoms with van der Waals surface area (Å²) in [5, 5.41) is 4.25. The number of nitrogens with one attached hydrogen (secondary N) is 1. The molecule has 0 radical (unpaired) electrons. The normalized spacial score (nSPS) is 15.7. The third kappa shape index (κ3) is 3.78. The van der Waals surface area contributed by atoms with E-state index in [0.29, 0.717) is 0 Å². The van der Waals surface area contributed by atoms with Crippen LogP contribution in [0, 0.1) is 0 Å². The maximum atomic E-state index is 5.83. The van der Waals surface area contributed by atoms with Crippen LogP contribution in [0.15, 0.2) is 24.3 Å². The molecule has 1 saturated carbocycles. The van der Waals surface area contributed by atoms with Gasteiger partial charge in [-0.3, -0.25) is 0 Å². The molecule has 0 atom stereocenters. The Morgan fingerprint density at radius 2 is 2.00 bits per heavy atom. The Morgan fingerprint density at radius 3 is 2.62 bits per heavy atom. The van der Waals surface area contributed by atoms with E-state index in [1.165, 1.54) is 18.4 Å². The zero-order valence-corrected chi connectivity index (χ0v) is 10.5. The number of halogens is 1. The predicted molar refractivity (Wildman–Crippen MR) is 68.8 cm³/mol. The lowest BCUT2D eigenvalue weighted by Crippen LogP contribution is -2.30. The van der Waals surface area contributed by atoms with E-state index in [9.17, 15) is 0 Å². The average Bonchev–Trinajstić information content (AvgIpc) is 3.10. The summed E-state index contributed by atoms with van der Waals surface area (Å²) in [5.41, 5.74) is 1.29. The van der Waals surface area contributed by atoms with Crippen LogP contribution in [0.1, 0.15) is 18.4 Å². The van der Waals surface area contributed by atoms with Gasteiger partial charge in [0.1, 0.15) is 0 Å². The minimum atomic E-state index is 0.803. The van der Waals surface area contributed by atoms with E-state index in [0.717, 1.165) is 30.7 Å². The Morgan fingerprint density at radius 1 is 1.31 bits per heavy atom. The third-order valence-electron chi connectivity index (χ3n) is 3.05. The van der Waals surface area contributed by atoms with Gasteiger partial charge >= 0.3 is 0 Å². The first-order valence-electron chi connectivity index (χ1n) is 5.91. The summed E-state index contributed by atoms with van der Waals surface area (Å²) in [6.45, 7) is 3.11. The van der Waals surface area contributed by atoms with Crippen LogP contribution >= 0.6 is 11.6 Å². The molecular formula is C13H19ClN2. The SMILES string of the molecule is CN(CCNCc1ccc(Cl)cc1)C1CC1. The zero-order valence-electron chi connectivity index (χ0n) is 9.75. The molecule has 0 amide bonds. The van der Waals surface area contributed by atoms with Crippen molar-refractivity contribution >= 4 is 11.6 Å². The van der Waals surface area contributed by atoms with E-state index < -0.39 is 0 Å². The lowest BCUT2D eigenvalue weighted by atomic mass is 10.2. The van der Waals surface area contributed by atoms with Crippen molar-refractivity contribution in [2.24, 2.45) is 0 Å². The van der Waals surface area contributed by atoms with E-state index in [2.05, 4.69) is 29.4 Å². The van der Waals surface area contributed by atoms with Crippen molar-refractivity contribution in [2.75, 3.05) is 20.1 Å². The topological polar surface area (TPSA) is 15.3 Å². The highest BCUT2D eigenvalue weighted by Gasteiger charge is 2.25. The summed E-state index contributed by atoms with van der Waals surface area (Å²) >= 11 is 5.83. The average molecular weight is 239 g/mol. The van der Waals surface area contributed by atoms with Crippen molar-refractivity contribution in [2.45, 2.75) is 25.4 Å². The van der Waals surface area contributed by atoms with Gasteiger partial charge in [0, 0.05) is 30.7 Å². The molecule has 0 aromatic heterocycles. The molecule has 1 aromatic rings. The van der Waals surface area contributed by atoms with Crippen molar-refractivity contribution in [3.05, 3.63) is 34.9 Å². The third-order valence-corrected chi connectivity index (χ3v) is 3.31. The number of rotatable bonds is 6. The first-order valence-corrected chi connectivity index (χ1v) is 6.29. The summed E-state index contributed by atoms with van der Waals surface area (Å²) in [5.74, 6) is 0. The predicted octanol–water partition coefficient (Wildman–Crippen LogP) is 2.52. The number of likely N-dealkylation sites (N-methyl/N-ethyl adjacent to an activating group) is 1. The van der Waals surface area contributed by atoms with Crippen LogP contribution in [0.5, 0.6) is 0 Å². The fraction of sp³-hybridized carbons (Fsp3) is 0.538. The highest BCUT2D eigenvalue weighted by atomic mass is 35.5. The Bertz CT molecular complexity index is 319. The summed E-state index contributed by atoms with van der Waals surface area (Å²) in [6, 6.07) is 8.88. The summed E-state index contributed by atoms with van der Waals surface area (Å²) in [4.78, 5) is 2.44. The molecule has 1 aliphatic rings. The van der Waals surface area contributed by atoms with Crippen molar-refractivity contribution in [1.82, 2.24) is 10.2 Å². The van der Waals surface area contributed by atoms with Gasteiger partial charge in [0.25, 0.3) is 0 Å².